The second-order valence-electron chi connectivity index (χ2n) is 9.43. The average molecular weight is 507 g/mol. The van der Waals surface area contributed by atoms with Gasteiger partial charge in [-0.05, 0) is 50.2 Å². The van der Waals surface area contributed by atoms with Crippen molar-refractivity contribution < 1.29 is 23.8 Å². The molecule has 5 rings (SSSR count). The summed E-state index contributed by atoms with van der Waals surface area (Å²) >= 11 is 1.56. The summed E-state index contributed by atoms with van der Waals surface area (Å²) < 4.78 is 16.6. The van der Waals surface area contributed by atoms with Crippen LogP contribution in [0.15, 0.2) is 23.4 Å². The summed E-state index contributed by atoms with van der Waals surface area (Å²) in [5, 5.41) is 10.8. The van der Waals surface area contributed by atoms with Gasteiger partial charge in [0.15, 0.2) is 17.3 Å². The van der Waals surface area contributed by atoms with Gasteiger partial charge in [-0.2, -0.15) is 5.26 Å². The Kier molecular flexibility index (Phi) is 6.76. The second-order valence-corrected chi connectivity index (χ2v) is 10.5. The summed E-state index contributed by atoms with van der Waals surface area (Å²) in [6.45, 7) is 0. The first-order valence-electron chi connectivity index (χ1n) is 12.5. The lowest BCUT2D eigenvalue weighted by atomic mass is 9.77. The van der Waals surface area contributed by atoms with Crippen molar-refractivity contribution in [2.24, 2.45) is 0 Å². The molecule has 2 aromatic rings. The van der Waals surface area contributed by atoms with Gasteiger partial charge in [0.05, 0.1) is 26.9 Å². The Morgan fingerprint density at radius 1 is 0.917 bits per heavy atom. The number of nitriles is 1. The van der Waals surface area contributed by atoms with Crippen LogP contribution in [-0.4, -0.2) is 33.0 Å². The first-order valence-corrected chi connectivity index (χ1v) is 13.3. The smallest absolute Gasteiger partial charge is 0.232 e. The summed E-state index contributed by atoms with van der Waals surface area (Å²) in [5.74, 6) is 1.08. The van der Waals surface area contributed by atoms with Gasteiger partial charge >= 0.3 is 0 Å². The van der Waals surface area contributed by atoms with Crippen molar-refractivity contribution in [1.29, 1.82) is 5.26 Å². The number of fused-ring (bicyclic) bond motifs is 1. The van der Waals surface area contributed by atoms with Crippen LogP contribution in [0.2, 0.25) is 0 Å². The number of ketones is 1. The Morgan fingerprint density at radius 2 is 1.64 bits per heavy atom. The molecule has 0 spiro atoms. The first kappa shape index (κ1) is 24.4. The van der Waals surface area contributed by atoms with Crippen molar-refractivity contribution in [1.82, 2.24) is 0 Å². The van der Waals surface area contributed by atoms with Gasteiger partial charge in [0, 0.05) is 46.5 Å². The molecule has 7 nitrogen and oxygen atoms in total. The topological polar surface area (TPSA) is 88.9 Å². The van der Waals surface area contributed by atoms with Crippen LogP contribution in [0.5, 0.6) is 17.2 Å². The molecule has 0 fully saturated rings. The molecule has 3 aliphatic rings. The van der Waals surface area contributed by atoms with E-state index in [4.69, 9.17) is 14.2 Å². The van der Waals surface area contributed by atoms with E-state index in [1.807, 2.05) is 6.07 Å². The molecule has 0 N–H and O–H groups in total. The number of carbonyl (C=O) groups excluding carboxylic acids is 2. The zero-order chi connectivity index (χ0) is 25.4. The number of carbonyl (C=O) groups is 2. The molecule has 1 aromatic heterocycles. The van der Waals surface area contributed by atoms with E-state index in [2.05, 4.69) is 6.07 Å². The predicted molar refractivity (Wildman–Crippen MR) is 137 cm³/mol. The lowest BCUT2D eigenvalue weighted by molar-refractivity contribution is -0.119. The van der Waals surface area contributed by atoms with Crippen LogP contribution in [0.1, 0.15) is 72.4 Å². The van der Waals surface area contributed by atoms with Gasteiger partial charge < -0.3 is 14.2 Å². The fourth-order valence-electron chi connectivity index (χ4n) is 5.82. The zero-order valence-electron chi connectivity index (χ0n) is 20.9. The third-order valence-electron chi connectivity index (χ3n) is 7.50. The molecule has 2 aliphatic carbocycles. The summed E-state index contributed by atoms with van der Waals surface area (Å²) in [7, 11) is 4.68. The maximum atomic E-state index is 13.8. The molecule has 0 unspecified atom stereocenters. The SMILES string of the molecule is COc1cc(OC)c([C@H]2CC(=O)N(c3sc4c(c3C#N)CCCCC4)C3=C2C(=O)CCC3)cc1OC. The lowest BCUT2D eigenvalue weighted by Gasteiger charge is -2.38. The highest BCUT2D eigenvalue weighted by Crippen LogP contribution is 2.50. The maximum absolute atomic E-state index is 13.8. The molecular formula is C28H30N2O5S. The van der Waals surface area contributed by atoms with E-state index in [1.165, 1.54) is 4.88 Å². The van der Waals surface area contributed by atoms with E-state index in [0.29, 0.717) is 52.6 Å². The van der Waals surface area contributed by atoms with Crippen LogP contribution < -0.4 is 19.1 Å². The molecule has 8 heteroatoms. The van der Waals surface area contributed by atoms with E-state index >= 15 is 0 Å². The lowest BCUT2D eigenvalue weighted by Crippen LogP contribution is -2.40. The molecule has 1 aromatic carbocycles. The largest absolute Gasteiger partial charge is 0.496 e. The molecule has 188 valence electrons. The third-order valence-corrected chi connectivity index (χ3v) is 8.78. The third kappa shape index (κ3) is 3.96. The number of hydrogen-bond donors (Lipinski definition) is 0. The van der Waals surface area contributed by atoms with Crippen LogP contribution in [0.25, 0.3) is 0 Å². The Labute approximate surface area is 215 Å². The van der Waals surface area contributed by atoms with Gasteiger partial charge in [-0.25, -0.2) is 0 Å². The van der Waals surface area contributed by atoms with Crippen molar-refractivity contribution in [3.63, 3.8) is 0 Å². The number of rotatable bonds is 5. The maximum Gasteiger partial charge on any atom is 0.232 e. The van der Waals surface area contributed by atoms with E-state index in [9.17, 15) is 14.9 Å². The highest BCUT2D eigenvalue weighted by molar-refractivity contribution is 7.16. The van der Waals surface area contributed by atoms with Gasteiger partial charge in [-0.1, -0.05) is 6.42 Å². The predicted octanol–water partition coefficient (Wildman–Crippen LogP) is 5.44. The Hall–Kier alpha value is -3.31. The standard InChI is InChI=1S/C28H30N2O5S/c1-33-22-14-24(35-3)23(34-2)12-17(22)18-13-26(32)30(20-9-7-10-21(31)27(18)20)28-19(15-29)16-8-5-4-6-11-25(16)36-28/h12,14,18H,4-11,13H2,1-3H3/t18-/m1/s1. The zero-order valence-corrected chi connectivity index (χ0v) is 21.8. The van der Waals surface area contributed by atoms with Crippen LogP contribution in [0.4, 0.5) is 5.00 Å². The van der Waals surface area contributed by atoms with Gasteiger partial charge in [0.2, 0.25) is 5.91 Å². The van der Waals surface area contributed by atoms with Crippen LogP contribution in [0, 0.1) is 11.3 Å². The first-order chi connectivity index (χ1) is 17.5. The summed E-state index contributed by atoms with van der Waals surface area (Å²) in [5.41, 5.74) is 3.82. The highest BCUT2D eigenvalue weighted by atomic mass is 32.1. The summed E-state index contributed by atoms with van der Waals surface area (Å²) in [4.78, 5) is 30.2. The number of ether oxygens (including phenoxy) is 3. The number of Topliss-reactive ketones (excluding diaryl/α,β-unsaturated/α-hetero) is 1. The van der Waals surface area contributed by atoms with Gasteiger partial charge in [0.1, 0.15) is 16.8 Å². The fourth-order valence-corrected chi connectivity index (χ4v) is 7.20. The van der Waals surface area contributed by atoms with Gasteiger partial charge in [-0.3, -0.25) is 14.5 Å². The monoisotopic (exact) mass is 506 g/mol. The molecule has 2 heterocycles. The number of aryl methyl sites for hydroxylation is 1. The van der Waals surface area contributed by atoms with Crippen LogP contribution in [0.3, 0.4) is 0 Å². The molecule has 0 saturated carbocycles. The number of amides is 1. The van der Waals surface area contributed by atoms with Crippen LogP contribution in [-0.2, 0) is 22.4 Å². The summed E-state index contributed by atoms with van der Waals surface area (Å²) in [6, 6.07) is 5.95. The number of nitrogens with zero attached hydrogens (tertiary/aromatic N) is 2. The van der Waals surface area contributed by atoms with Crippen molar-refractivity contribution in [3.05, 3.63) is 45.0 Å². The molecule has 36 heavy (non-hydrogen) atoms. The molecular weight excluding hydrogens is 476 g/mol. The van der Waals surface area contributed by atoms with Crippen molar-refractivity contribution >= 4 is 28.0 Å². The van der Waals surface area contributed by atoms with Crippen LogP contribution >= 0.6 is 11.3 Å². The number of benzene rings is 1. The minimum Gasteiger partial charge on any atom is -0.496 e. The number of allylic oxidation sites excluding steroid dienone is 2. The molecule has 0 bridgehead atoms. The number of methoxy groups -OCH3 is 3. The molecule has 1 atom stereocenters. The Balaban J connectivity index is 1.68. The fraction of sp³-hybridized carbons (Fsp3) is 0.464. The second kappa shape index (κ2) is 9.98. The van der Waals surface area contributed by atoms with E-state index in [-0.39, 0.29) is 18.1 Å². The summed E-state index contributed by atoms with van der Waals surface area (Å²) in [6.07, 6.45) is 6.97. The Morgan fingerprint density at radius 3 is 2.36 bits per heavy atom. The number of hydrogen-bond acceptors (Lipinski definition) is 7. The molecule has 1 amide bonds. The van der Waals surface area contributed by atoms with Crippen molar-refractivity contribution in [2.45, 2.75) is 63.7 Å². The number of anilines is 1. The molecule has 0 saturated heterocycles. The Bertz CT molecular complexity index is 1300. The molecule has 0 radical (unpaired) electrons. The van der Waals surface area contributed by atoms with E-state index in [0.717, 1.165) is 48.9 Å². The quantitative estimate of drug-likeness (QED) is 0.502. The normalized spacial score (nSPS) is 19.8. The highest BCUT2D eigenvalue weighted by Gasteiger charge is 2.42. The minimum absolute atomic E-state index is 0.0483. The average Bonchev–Trinajstić information content (AvgIpc) is 3.06. The van der Waals surface area contributed by atoms with Gasteiger partial charge in [0.25, 0.3) is 0 Å². The van der Waals surface area contributed by atoms with Crippen molar-refractivity contribution in [3.8, 4) is 23.3 Å². The van der Waals surface area contributed by atoms with E-state index in [1.54, 1.807) is 43.6 Å². The number of thiophene rings is 1. The van der Waals surface area contributed by atoms with Gasteiger partial charge in [-0.15, -0.1) is 11.3 Å². The molecule has 1 aliphatic heterocycles. The minimum atomic E-state index is -0.449. The van der Waals surface area contributed by atoms with Crippen molar-refractivity contribution in [2.75, 3.05) is 26.2 Å². The van der Waals surface area contributed by atoms with E-state index < -0.39 is 5.92 Å².